The molecule has 1 aromatic heterocycles. The van der Waals surface area contributed by atoms with Crippen molar-refractivity contribution in [1.29, 1.82) is 0 Å². The molecule has 2 rings (SSSR count). The first-order valence-corrected chi connectivity index (χ1v) is 6.15. The van der Waals surface area contributed by atoms with Crippen LogP contribution in [-0.4, -0.2) is 17.0 Å². The van der Waals surface area contributed by atoms with Crippen LogP contribution >= 0.6 is 0 Å². The number of furan rings is 1. The van der Waals surface area contributed by atoms with E-state index in [1.807, 2.05) is 0 Å². The second-order valence-electron chi connectivity index (χ2n) is 4.75. The fourth-order valence-corrected chi connectivity index (χ4v) is 1.86. The zero-order valence-corrected chi connectivity index (χ0v) is 10.4. The molecule has 5 nitrogen and oxygen atoms in total. The summed E-state index contributed by atoms with van der Waals surface area (Å²) in [5, 5.41) is 11.6. The largest absolute Gasteiger partial charge is 0.478 e. The van der Waals surface area contributed by atoms with Crippen LogP contribution in [0.25, 0.3) is 0 Å². The normalized spacial score (nSPS) is 14.5. The highest BCUT2D eigenvalue weighted by Gasteiger charge is 2.21. The Kier molecular flexibility index (Phi) is 3.69. The number of carboxylic acids is 1. The number of aromatic carboxylic acids is 1. The molecule has 2 N–H and O–H groups in total. The first-order valence-electron chi connectivity index (χ1n) is 6.15. The van der Waals surface area contributed by atoms with Crippen molar-refractivity contribution < 1.29 is 19.1 Å². The third-order valence-electron chi connectivity index (χ3n) is 3.14. The maximum atomic E-state index is 11.5. The van der Waals surface area contributed by atoms with Gasteiger partial charge in [0.25, 0.3) is 0 Å². The van der Waals surface area contributed by atoms with E-state index in [0.717, 1.165) is 12.3 Å². The van der Waals surface area contributed by atoms with Gasteiger partial charge in [-0.05, 0) is 25.3 Å². The van der Waals surface area contributed by atoms with Crippen LogP contribution in [0.2, 0.25) is 0 Å². The summed E-state index contributed by atoms with van der Waals surface area (Å²) in [5.41, 5.74) is 0.150. The van der Waals surface area contributed by atoms with Gasteiger partial charge >= 0.3 is 5.97 Å². The van der Waals surface area contributed by atoms with Crippen molar-refractivity contribution >= 4 is 11.9 Å². The van der Waals surface area contributed by atoms with Crippen molar-refractivity contribution in [3.63, 3.8) is 0 Å². The SMILES string of the molecule is Cc1oc(CNC(=O)CCC2CC2)cc1C(=O)O. The van der Waals surface area contributed by atoms with E-state index in [4.69, 9.17) is 9.52 Å². The number of aryl methyl sites for hydroxylation is 1. The highest BCUT2D eigenvalue weighted by molar-refractivity contribution is 5.88. The third-order valence-corrected chi connectivity index (χ3v) is 3.14. The van der Waals surface area contributed by atoms with Crippen molar-refractivity contribution in [2.75, 3.05) is 0 Å². The summed E-state index contributed by atoms with van der Waals surface area (Å²) in [5.74, 6) is 0.560. The fourth-order valence-electron chi connectivity index (χ4n) is 1.86. The van der Waals surface area contributed by atoms with E-state index in [-0.39, 0.29) is 18.0 Å². The summed E-state index contributed by atoms with van der Waals surface area (Å²) in [7, 11) is 0. The molecule has 5 heteroatoms. The molecule has 1 aliphatic carbocycles. The van der Waals surface area contributed by atoms with Gasteiger partial charge in [0, 0.05) is 6.42 Å². The zero-order chi connectivity index (χ0) is 13.1. The van der Waals surface area contributed by atoms with Crippen LogP contribution in [0.5, 0.6) is 0 Å². The van der Waals surface area contributed by atoms with E-state index in [2.05, 4.69) is 5.32 Å². The molecule has 1 aliphatic rings. The molecule has 0 saturated heterocycles. The Morgan fingerprint density at radius 1 is 1.50 bits per heavy atom. The molecular formula is C13H17NO4. The van der Waals surface area contributed by atoms with Crippen molar-refractivity contribution in [3.8, 4) is 0 Å². The summed E-state index contributed by atoms with van der Waals surface area (Å²) < 4.78 is 5.27. The molecule has 18 heavy (non-hydrogen) atoms. The summed E-state index contributed by atoms with van der Waals surface area (Å²) >= 11 is 0. The monoisotopic (exact) mass is 251 g/mol. The van der Waals surface area contributed by atoms with Crippen LogP contribution in [0.15, 0.2) is 10.5 Å². The lowest BCUT2D eigenvalue weighted by molar-refractivity contribution is -0.121. The maximum Gasteiger partial charge on any atom is 0.339 e. The summed E-state index contributed by atoms with van der Waals surface area (Å²) in [6.07, 6.45) is 3.97. The number of carboxylic acid groups (broad SMARTS) is 1. The molecule has 98 valence electrons. The highest BCUT2D eigenvalue weighted by atomic mass is 16.4. The minimum atomic E-state index is -1.01. The van der Waals surface area contributed by atoms with E-state index in [0.29, 0.717) is 17.9 Å². The Morgan fingerprint density at radius 3 is 2.78 bits per heavy atom. The molecule has 0 radical (unpaired) electrons. The second-order valence-corrected chi connectivity index (χ2v) is 4.75. The number of carbonyl (C=O) groups is 2. The summed E-state index contributed by atoms with van der Waals surface area (Å²) in [6, 6.07) is 1.46. The van der Waals surface area contributed by atoms with Crippen molar-refractivity contribution in [3.05, 3.63) is 23.2 Å². The molecule has 0 spiro atoms. The number of rotatable bonds is 6. The smallest absolute Gasteiger partial charge is 0.339 e. The standard InChI is InChI=1S/C13H17NO4/c1-8-11(13(16)17)6-10(18-8)7-14-12(15)5-4-9-2-3-9/h6,9H,2-5,7H2,1H3,(H,14,15)(H,16,17). The van der Waals surface area contributed by atoms with Gasteiger partial charge in [-0.3, -0.25) is 4.79 Å². The molecule has 0 bridgehead atoms. The molecule has 1 heterocycles. The average Bonchev–Trinajstić information content (AvgIpc) is 3.06. The van der Waals surface area contributed by atoms with Gasteiger partial charge in [0.15, 0.2) is 0 Å². The van der Waals surface area contributed by atoms with Crippen molar-refractivity contribution in [2.24, 2.45) is 5.92 Å². The number of amides is 1. The predicted octanol–water partition coefficient (Wildman–Crippen LogP) is 2.09. The number of hydrogen-bond acceptors (Lipinski definition) is 3. The van der Waals surface area contributed by atoms with Gasteiger partial charge < -0.3 is 14.8 Å². The summed E-state index contributed by atoms with van der Waals surface area (Å²) in [4.78, 5) is 22.3. The lowest BCUT2D eigenvalue weighted by Crippen LogP contribution is -2.22. The minimum absolute atomic E-state index is 0.00664. The van der Waals surface area contributed by atoms with Crippen LogP contribution in [0.1, 0.15) is 47.6 Å². The highest BCUT2D eigenvalue weighted by Crippen LogP contribution is 2.33. The zero-order valence-electron chi connectivity index (χ0n) is 10.4. The topological polar surface area (TPSA) is 79.5 Å². The van der Waals surface area contributed by atoms with E-state index >= 15 is 0 Å². The van der Waals surface area contributed by atoms with Crippen LogP contribution in [0, 0.1) is 12.8 Å². The van der Waals surface area contributed by atoms with Gasteiger partial charge in [0.05, 0.1) is 6.54 Å². The minimum Gasteiger partial charge on any atom is -0.478 e. The number of hydrogen-bond donors (Lipinski definition) is 2. The van der Waals surface area contributed by atoms with Crippen molar-refractivity contribution in [2.45, 2.75) is 39.2 Å². The molecule has 0 unspecified atom stereocenters. The van der Waals surface area contributed by atoms with Gasteiger partial charge in [-0.2, -0.15) is 0 Å². The van der Waals surface area contributed by atoms with Crippen LogP contribution in [0.4, 0.5) is 0 Å². The lowest BCUT2D eigenvalue weighted by atomic mass is 10.2. The Bertz CT molecular complexity index is 460. The van der Waals surface area contributed by atoms with E-state index in [1.54, 1.807) is 6.92 Å². The first-order chi connectivity index (χ1) is 8.56. The van der Waals surface area contributed by atoms with Crippen LogP contribution in [-0.2, 0) is 11.3 Å². The lowest BCUT2D eigenvalue weighted by Gasteiger charge is -2.02. The molecule has 0 aromatic carbocycles. The number of nitrogens with one attached hydrogen (secondary N) is 1. The average molecular weight is 251 g/mol. The molecule has 0 atom stereocenters. The fraction of sp³-hybridized carbons (Fsp3) is 0.538. The van der Waals surface area contributed by atoms with E-state index in [9.17, 15) is 9.59 Å². The molecular weight excluding hydrogens is 234 g/mol. The Labute approximate surface area is 105 Å². The van der Waals surface area contributed by atoms with Gasteiger partial charge in [0.2, 0.25) is 5.91 Å². The summed E-state index contributed by atoms with van der Waals surface area (Å²) in [6.45, 7) is 1.85. The molecule has 1 fully saturated rings. The van der Waals surface area contributed by atoms with Crippen LogP contribution < -0.4 is 5.32 Å². The van der Waals surface area contributed by atoms with Crippen LogP contribution in [0.3, 0.4) is 0 Å². The van der Waals surface area contributed by atoms with Gasteiger partial charge in [-0.25, -0.2) is 4.79 Å². The maximum absolute atomic E-state index is 11.5. The first kappa shape index (κ1) is 12.7. The Hall–Kier alpha value is -1.78. The van der Waals surface area contributed by atoms with Gasteiger partial charge in [-0.1, -0.05) is 12.8 Å². The third kappa shape index (κ3) is 3.35. The molecule has 0 aliphatic heterocycles. The van der Waals surface area contributed by atoms with Crippen molar-refractivity contribution in [1.82, 2.24) is 5.32 Å². The molecule has 1 amide bonds. The quantitative estimate of drug-likeness (QED) is 0.811. The Balaban J connectivity index is 1.79. The number of carbonyl (C=O) groups excluding carboxylic acids is 1. The van der Waals surface area contributed by atoms with E-state index < -0.39 is 5.97 Å². The van der Waals surface area contributed by atoms with Gasteiger partial charge in [-0.15, -0.1) is 0 Å². The molecule has 1 aromatic rings. The second kappa shape index (κ2) is 5.25. The Morgan fingerprint density at radius 2 is 2.22 bits per heavy atom. The van der Waals surface area contributed by atoms with Gasteiger partial charge in [0.1, 0.15) is 17.1 Å². The predicted molar refractivity (Wildman–Crippen MR) is 64.2 cm³/mol. The molecule has 1 saturated carbocycles. The van der Waals surface area contributed by atoms with E-state index in [1.165, 1.54) is 18.9 Å².